The Morgan fingerprint density at radius 3 is 2.61 bits per heavy atom. The first-order valence-corrected chi connectivity index (χ1v) is 10.1. The molecule has 0 aliphatic carbocycles. The van der Waals surface area contributed by atoms with Gasteiger partial charge in [-0.15, -0.1) is 0 Å². The quantitative estimate of drug-likeness (QED) is 0.569. The number of hydrogen-bond acceptors (Lipinski definition) is 4. The summed E-state index contributed by atoms with van der Waals surface area (Å²) in [6.45, 7) is 6.38. The summed E-state index contributed by atoms with van der Waals surface area (Å²) in [6.07, 6.45) is 5.54. The number of benzene rings is 1. The summed E-state index contributed by atoms with van der Waals surface area (Å²) in [7, 11) is 0. The van der Waals surface area contributed by atoms with Crippen LogP contribution in [0.1, 0.15) is 49.1 Å². The highest BCUT2D eigenvalue weighted by Gasteiger charge is 2.24. The Bertz CT molecular complexity index is 770. The molecule has 1 aromatic heterocycles. The average Bonchev–Trinajstić information content (AvgIpc) is 3.28. The fraction of sp³-hybridized carbons (Fsp3) is 0.455. The number of guanidine groups is 1. The summed E-state index contributed by atoms with van der Waals surface area (Å²) >= 11 is 0. The smallest absolute Gasteiger partial charge is 0.191 e. The van der Waals surface area contributed by atoms with Crippen LogP contribution in [0.5, 0.6) is 0 Å². The molecule has 0 radical (unpaired) electrons. The van der Waals surface area contributed by atoms with Crippen LogP contribution in [-0.2, 0) is 6.54 Å². The van der Waals surface area contributed by atoms with Gasteiger partial charge in [-0.05, 0) is 62.7 Å². The van der Waals surface area contributed by atoms with Gasteiger partial charge in [0, 0.05) is 13.1 Å². The molecule has 2 N–H and O–H groups in total. The van der Waals surface area contributed by atoms with Crippen LogP contribution in [0.4, 0.5) is 0 Å². The molecule has 1 unspecified atom stereocenters. The van der Waals surface area contributed by atoms with Crippen LogP contribution in [0.3, 0.4) is 0 Å². The average molecular weight is 380 g/mol. The van der Waals surface area contributed by atoms with Crippen molar-refractivity contribution >= 4 is 5.96 Å². The van der Waals surface area contributed by atoms with E-state index in [2.05, 4.69) is 34.6 Å². The highest BCUT2D eigenvalue weighted by molar-refractivity contribution is 5.79. The molecule has 1 atom stereocenters. The first-order chi connectivity index (χ1) is 13.8. The third-order valence-electron chi connectivity index (χ3n) is 5.01. The van der Waals surface area contributed by atoms with E-state index in [1.54, 1.807) is 6.26 Å². The number of likely N-dealkylation sites (tertiary alicyclic amines) is 1. The highest BCUT2D eigenvalue weighted by Crippen LogP contribution is 2.24. The molecule has 0 amide bonds. The number of piperidine rings is 1. The van der Waals surface area contributed by atoms with Crippen LogP contribution in [0.25, 0.3) is 0 Å². The van der Waals surface area contributed by atoms with E-state index in [9.17, 15) is 0 Å². The molecule has 1 aliphatic rings. The molecule has 0 bridgehead atoms. The maximum absolute atomic E-state index is 8.92. The fourth-order valence-corrected chi connectivity index (χ4v) is 3.51. The van der Waals surface area contributed by atoms with E-state index < -0.39 is 0 Å². The Hall–Kier alpha value is -2.78. The molecule has 28 heavy (non-hydrogen) atoms. The van der Waals surface area contributed by atoms with Gasteiger partial charge in [0.2, 0.25) is 0 Å². The van der Waals surface area contributed by atoms with Crippen LogP contribution >= 0.6 is 0 Å². The summed E-state index contributed by atoms with van der Waals surface area (Å²) < 4.78 is 5.72. The maximum Gasteiger partial charge on any atom is 0.191 e. The minimum absolute atomic E-state index is 0.203. The zero-order valence-electron chi connectivity index (χ0n) is 16.5. The second-order valence-electron chi connectivity index (χ2n) is 7.01. The first-order valence-electron chi connectivity index (χ1n) is 10.1. The number of hydrogen-bond donors (Lipinski definition) is 2. The summed E-state index contributed by atoms with van der Waals surface area (Å²) in [6, 6.07) is 13.9. The molecule has 148 valence electrons. The van der Waals surface area contributed by atoms with Crippen molar-refractivity contribution in [2.45, 2.75) is 38.8 Å². The molecule has 3 rings (SSSR count). The van der Waals surface area contributed by atoms with Gasteiger partial charge in [0.05, 0.1) is 30.5 Å². The van der Waals surface area contributed by atoms with Gasteiger partial charge in [-0.3, -0.25) is 4.90 Å². The van der Waals surface area contributed by atoms with Crippen LogP contribution < -0.4 is 10.6 Å². The Balaban J connectivity index is 1.64. The number of nitrogens with zero attached hydrogens (tertiary/aromatic N) is 3. The second-order valence-corrected chi connectivity index (χ2v) is 7.01. The van der Waals surface area contributed by atoms with Crippen LogP contribution in [0.2, 0.25) is 0 Å². The molecule has 0 spiro atoms. The Kier molecular flexibility index (Phi) is 7.51. The lowest BCUT2D eigenvalue weighted by Crippen LogP contribution is -2.44. The van der Waals surface area contributed by atoms with Crippen molar-refractivity contribution in [2.75, 3.05) is 26.2 Å². The van der Waals surface area contributed by atoms with Crippen LogP contribution in [0, 0.1) is 11.3 Å². The van der Waals surface area contributed by atoms with E-state index in [-0.39, 0.29) is 6.04 Å². The van der Waals surface area contributed by atoms with E-state index in [1.165, 1.54) is 19.3 Å². The fourth-order valence-electron chi connectivity index (χ4n) is 3.51. The van der Waals surface area contributed by atoms with Crippen molar-refractivity contribution in [1.29, 1.82) is 5.26 Å². The zero-order chi connectivity index (χ0) is 19.6. The molecule has 2 heterocycles. The van der Waals surface area contributed by atoms with Crippen molar-refractivity contribution in [3.63, 3.8) is 0 Å². The SMILES string of the molecule is CCNC(=NCc1ccc(C#N)cc1)NCC(c1ccco1)N1CCCCC1. The minimum Gasteiger partial charge on any atom is -0.468 e. The predicted molar refractivity (Wildman–Crippen MR) is 111 cm³/mol. The van der Waals surface area contributed by atoms with Crippen molar-refractivity contribution in [2.24, 2.45) is 4.99 Å². The molecule has 1 fully saturated rings. The number of furan rings is 1. The molecule has 1 aromatic carbocycles. The van der Waals surface area contributed by atoms with Crippen molar-refractivity contribution in [1.82, 2.24) is 15.5 Å². The molecule has 6 heteroatoms. The molecule has 1 saturated heterocycles. The van der Waals surface area contributed by atoms with Crippen molar-refractivity contribution < 1.29 is 4.42 Å². The first kappa shape index (κ1) is 20.0. The van der Waals surface area contributed by atoms with Crippen LogP contribution in [-0.4, -0.2) is 37.0 Å². The Labute approximate surface area is 167 Å². The number of nitrogens with one attached hydrogen (secondary N) is 2. The van der Waals surface area contributed by atoms with Crippen molar-refractivity contribution in [3.8, 4) is 6.07 Å². The van der Waals surface area contributed by atoms with E-state index >= 15 is 0 Å². The normalized spacial score (nSPS) is 16.4. The van der Waals surface area contributed by atoms with Gasteiger partial charge in [0.1, 0.15) is 5.76 Å². The number of aliphatic imine (C=N–C) groups is 1. The van der Waals surface area contributed by atoms with Gasteiger partial charge < -0.3 is 15.1 Å². The van der Waals surface area contributed by atoms with Crippen LogP contribution in [0.15, 0.2) is 52.1 Å². The maximum atomic E-state index is 8.92. The summed E-state index contributed by atoms with van der Waals surface area (Å²) in [5.41, 5.74) is 1.75. The zero-order valence-corrected chi connectivity index (χ0v) is 16.5. The third kappa shape index (κ3) is 5.61. The lowest BCUT2D eigenvalue weighted by Gasteiger charge is -2.33. The molecule has 0 saturated carbocycles. The standard InChI is InChI=1S/C22H29N5O/c1-2-24-22(25-16-19-10-8-18(15-23)9-11-19)26-17-20(21-7-6-14-28-21)27-12-4-3-5-13-27/h6-11,14,20H,2-5,12-13,16-17H2,1H3,(H2,24,25,26). The van der Waals surface area contributed by atoms with Gasteiger partial charge in [0.25, 0.3) is 0 Å². The highest BCUT2D eigenvalue weighted by atomic mass is 16.3. The summed E-state index contributed by atoms with van der Waals surface area (Å²) in [4.78, 5) is 7.20. The molecular formula is C22H29N5O. The van der Waals surface area contributed by atoms with E-state index in [1.807, 2.05) is 30.3 Å². The van der Waals surface area contributed by atoms with Gasteiger partial charge in [-0.25, -0.2) is 4.99 Å². The molecule has 2 aromatic rings. The van der Waals surface area contributed by atoms with E-state index in [0.717, 1.165) is 43.5 Å². The van der Waals surface area contributed by atoms with E-state index in [4.69, 9.17) is 14.7 Å². The van der Waals surface area contributed by atoms with Gasteiger partial charge >= 0.3 is 0 Å². The minimum atomic E-state index is 0.203. The summed E-state index contributed by atoms with van der Waals surface area (Å²) in [5, 5.41) is 15.7. The largest absolute Gasteiger partial charge is 0.468 e. The third-order valence-corrected chi connectivity index (χ3v) is 5.01. The number of nitriles is 1. The van der Waals surface area contributed by atoms with Gasteiger partial charge in [-0.1, -0.05) is 18.6 Å². The lowest BCUT2D eigenvalue weighted by atomic mass is 10.1. The Morgan fingerprint density at radius 2 is 1.96 bits per heavy atom. The topological polar surface area (TPSA) is 76.6 Å². The van der Waals surface area contributed by atoms with Crippen molar-refractivity contribution in [3.05, 3.63) is 59.5 Å². The summed E-state index contributed by atoms with van der Waals surface area (Å²) in [5.74, 6) is 1.79. The molecular weight excluding hydrogens is 350 g/mol. The lowest BCUT2D eigenvalue weighted by molar-refractivity contribution is 0.146. The monoisotopic (exact) mass is 379 g/mol. The Morgan fingerprint density at radius 1 is 1.18 bits per heavy atom. The van der Waals surface area contributed by atoms with Gasteiger partial charge in [-0.2, -0.15) is 5.26 Å². The molecule has 1 aliphatic heterocycles. The predicted octanol–water partition coefficient (Wildman–Crippen LogP) is 3.43. The second kappa shape index (κ2) is 10.5. The van der Waals surface area contributed by atoms with Gasteiger partial charge in [0.15, 0.2) is 5.96 Å². The number of rotatable bonds is 7. The van der Waals surface area contributed by atoms with E-state index in [0.29, 0.717) is 12.1 Å². The molecule has 6 nitrogen and oxygen atoms in total.